The first kappa shape index (κ1) is 45.2. The van der Waals surface area contributed by atoms with Crippen LogP contribution >= 0.6 is 0 Å². The average Bonchev–Trinajstić information content (AvgIpc) is 2.99. The SMILES string of the molecule is CNCC1=CCC[C@@H](O[C@H]2[C@H](O)[C@@H](O[C@@H](OCCO)[C@H](O)[C@H](C)N(C)C(=O)OC(C)(C)C)[C@H](NC(=O)OC(C)(C)C)C[C@@H]2NC(=O)OC(C)(C)C)O1. The van der Waals surface area contributed by atoms with Gasteiger partial charge in [-0.05, 0) is 95.2 Å². The number of alkyl carbamates (subject to hydrolysis) is 2. The van der Waals surface area contributed by atoms with Crippen LogP contribution in [0.5, 0.6) is 0 Å². The molecule has 0 aromatic carbocycles. The van der Waals surface area contributed by atoms with Crippen molar-refractivity contribution in [2.45, 2.75) is 160 Å². The van der Waals surface area contributed by atoms with Crippen LogP contribution in [0, 0.1) is 0 Å². The third-order valence-electron chi connectivity index (χ3n) is 7.83. The van der Waals surface area contributed by atoms with Gasteiger partial charge < -0.3 is 69.3 Å². The monoisotopic (exact) mass is 748 g/mol. The molecule has 17 heteroatoms. The van der Waals surface area contributed by atoms with Crippen LogP contribution in [0.2, 0.25) is 0 Å². The average molecular weight is 749 g/mol. The molecule has 302 valence electrons. The van der Waals surface area contributed by atoms with E-state index in [-0.39, 0.29) is 13.0 Å². The summed E-state index contributed by atoms with van der Waals surface area (Å²) in [6.45, 7) is 16.6. The molecular formula is C35H64N4O13. The lowest BCUT2D eigenvalue weighted by Gasteiger charge is -2.47. The number of hydrogen-bond acceptors (Lipinski definition) is 14. The van der Waals surface area contributed by atoms with E-state index in [0.29, 0.717) is 25.1 Å². The molecule has 2 rings (SSSR count). The Morgan fingerprint density at radius 3 is 1.98 bits per heavy atom. The number of allylic oxidation sites excluding steroid dienone is 1. The molecule has 1 saturated carbocycles. The van der Waals surface area contributed by atoms with Crippen molar-refractivity contribution in [3.05, 3.63) is 11.8 Å². The van der Waals surface area contributed by atoms with Gasteiger partial charge in [0.05, 0.1) is 37.9 Å². The maximum absolute atomic E-state index is 13.2. The summed E-state index contributed by atoms with van der Waals surface area (Å²) in [5.74, 6) is 0.640. The summed E-state index contributed by atoms with van der Waals surface area (Å²) in [5.41, 5.74) is -2.53. The normalized spacial score (nSPS) is 25.8. The number of nitrogens with zero attached hydrogens (tertiary/aromatic N) is 1. The lowest BCUT2D eigenvalue weighted by atomic mass is 9.83. The molecule has 1 aliphatic carbocycles. The van der Waals surface area contributed by atoms with Crippen molar-refractivity contribution < 1.29 is 62.9 Å². The molecule has 0 saturated heterocycles. The first-order valence-electron chi connectivity index (χ1n) is 17.8. The molecule has 1 aliphatic heterocycles. The Morgan fingerprint density at radius 2 is 1.48 bits per heavy atom. The summed E-state index contributed by atoms with van der Waals surface area (Å²) in [6, 6.07) is -2.98. The number of hydrogen-bond donors (Lipinski definition) is 6. The molecule has 9 atom stereocenters. The van der Waals surface area contributed by atoms with Crippen molar-refractivity contribution in [3.8, 4) is 0 Å². The van der Waals surface area contributed by atoms with Crippen LogP contribution in [0.25, 0.3) is 0 Å². The van der Waals surface area contributed by atoms with Gasteiger partial charge >= 0.3 is 18.3 Å². The summed E-state index contributed by atoms with van der Waals surface area (Å²) >= 11 is 0. The molecule has 1 heterocycles. The van der Waals surface area contributed by atoms with Gasteiger partial charge in [0.1, 0.15) is 47.0 Å². The summed E-state index contributed by atoms with van der Waals surface area (Å²) in [4.78, 5) is 40.3. The number of carbonyl (C=O) groups excluding carboxylic acids is 3. The summed E-state index contributed by atoms with van der Waals surface area (Å²) in [7, 11) is 3.21. The maximum Gasteiger partial charge on any atom is 0.410 e. The quantitative estimate of drug-likeness (QED) is 0.111. The predicted molar refractivity (Wildman–Crippen MR) is 189 cm³/mol. The molecule has 0 spiro atoms. The minimum atomic E-state index is -1.60. The van der Waals surface area contributed by atoms with E-state index < -0.39 is 96.8 Å². The molecule has 1 fully saturated rings. The fraction of sp³-hybridized carbons (Fsp3) is 0.857. The van der Waals surface area contributed by atoms with Gasteiger partial charge in [-0.2, -0.15) is 0 Å². The van der Waals surface area contributed by atoms with E-state index in [1.54, 1.807) is 76.3 Å². The van der Waals surface area contributed by atoms with E-state index in [4.69, 9.17) is 33.2 Å². The van der Waals surface area contributed by atoms with Crippen molar-refractivity contribution >= 4 is 18.3 Å². The smallest absolute Gasteiger partial charge is 0.410 e. The van der Waals surface area contributed by atoms with Crippen LogP contribution in [0.15, 0.2) is 11.8 Å². The predicted octanol–water partition coefficient (Wildman–Crippen LogP) is 2.50. The van der Waals surface area contributed by atoms with E-state index in [2.05, 4.69) is 16.0 Å². The van der Waals surface area contributed by atoms with Gasteiger partial charge in [-0.1, -0.05) is 0 Å². The number of amides is 3. The fourth-order valence-electron chi connectivity index (χ4n) is 5.47. The topological polar surface area (TPSA) is 216 Å². The Balaban J connectivity index is 2.54. The van der Waals surface area contributed by atoms with Gasteiger partial charge in [0, 0.05) is 13.5 Å². The zero-order chi connectivity index (χ0) is 39.6. The number of carbonyl (C=O) groups is 3. The molecule has 0 aromatic heterocycles. The molecule has 0 radical (unpaired) electrons. The molecular weight excluding hydrogens is 684 g/mol. The van der Waals surface area contributed by atoms with Crippen molar-refractivity contribution in [1.29, 1.82) is 0 Å². The Kier molecular flexibility index (Phi) is 16.9. The highest BCUT2D eigenvalue weighted by atomic mass is 16.7. The Bertz CT molecular complexity index is 1180. The van der Waals surface area contributed by atoms with Crippen LogP contribution in [0.1, 0.15) is 88.5 Å². The van der Waals surface area contributed by atoms with E-state index in [1.807, 2.05) is 6.08 Å². The molecule has 6 N–H and O–H groups in total. The minimum absolute atomic E-state index is 0.0625. The number of aliphatic hydroxyl groups is 3. The Morgan fingerprint density at radius 1 is 0.942 bits per heavy atom. The minimum Gasteiger partial charge on any atom is -0.468 e. The largest absolute Gasteiger partial charge is 0.468 e. The van der Waals surface area contributed by atoms with E-state index in [9.17, 15) is 29.7 Å². The Labute approximate surface area is 308 Å². The van der Waals surface area contributed by atoms with Gasteiger partial charge in [0.25, 0.3) is 0 Å². The number of ether oxygens (including phenoxy) is 7. The first-order chi connectivity index (χ1) is 23.9. The van der Waals surface area contributed by atoms with Gasteiger partial charge in [-0.15, -0.1) is 0 Å². The molecule has 52 heavy (non-hydrogen) atoms. The molecule has 0 bridgehead atoms. The van der Waals surface area contributed by atoms with Crippen LogP contribution < -0.4 is 16.0 Å². The molecule has 17 nitrogen and oxygen atoms in total. The van der Waals surface area contributed by atoms with Crippen molar-refractivity contribution in [2.24, 2.45) is 0 Å². The highest BCUT2D eigenvalue weighted by Crippen LogP contribution is 2.31. The van der Waals surface area contributed by atoms with Crippen molar-refractivity contribution in [2.75, 3.05) is 33.9 Å². The molecule has 0 aromatic rings. The van der Waals surface area contributed by atoms with Gasteiger partial charge in [-0.3, -0.25) is 0 Å². The van der Waals surface area contributed by atoms with E-state index >= 15 is 0 Å². The standard InChI is InChI=1S/C35H64N4O13/c1-20(39(12)32(45)52-35(8,9)10)25(41)29(46-17-16-40)49-28-23(38-31(44)51-34(5,6)7)18-22(37-30(43)50-33(2,3)4)27(26(28)42)48-24-15-13-14-21(47-24)19-36-11/h14,20,22-29,36,40-42H,13,15-19H2,1-12H3,(H,37,43)(H,38,44)/t20-,22-,23+,24+,25+,26-,27+,28-,29+/m0/s1. The first-order valence-corrected chi connectivity index (χ1v) is 17.8. The second-order valence-electron chi connectivity index (χ2n) is 16.0. The number of rotatable bonds is 14. The number of likely N-dealkylation sites (N-methyl/N-ethyl adjacent to an activating group) is 2. The second kappa shape index (κ2) is 19.4. The summed E-state index contributed by atoms with van der Waals surface area (Å²) < 4.78 is 40.9. The van der Waals surface area contributed by atoms with Crippen molar-refractivity contribution in [1.82, 2.24) is 20.9 Å². The van der Waals surface area contributed by atoms with Crippen LogP contribution in [-0.4, -0.2) is 144 Å². The van der Waals surface area contributed by atoms with Crippen LogP contribution in [0.4, 0.5) is 14.4 Å². The second-order valence-corrected chi connectivity index (χ2v) is 16.0. The van der Waals surface area contributed by atoms with Crippen LogP contribution in [0.3, 0.4) is 0 Å². The fourth-order valence-corrected chi connectivity index (χ4v) is 5.47. The third kappa shape index (κ3) is 15.2. The zero-order valence-electron chi connectivity index (χ0n) is 32.9. The summed E-state index contributed by atoms with van der Waals surface area (Å²) in [5, 5.41) is 41.8. The Hall–Kier alpha value is -2.93. The number of aliphatic hydroxyl groups excluding tert-OH is 3. The molecule has 2 aliphatic rings. The maximum atomic E-state index is 13.2. The zero-order valence-corrected chi connectivity index (χ0v) is 32.9. The van der Waals surface area contributed by atoms with E-state index in [1.165, 1.54) is 11.9 Å². The van der Waals surface area contributed by atoms with Gasteiger partial charge in [0.15, 0.2) is 12.6 Å². The van der Waals surface area contributed by atoms with Crippen LogP contribution in [-0.2, 0) is 33.2 Å². The third-order valence-corrected chi connectivity index (χ3v) is 7.83. The molecule has 0 unspecified atom stereocenters. The molecule has 3 amide bonds. The highest BCUT2D eigenvalue weighted by Gasteiger charge is 2.50. The van der Waals surface area contributed by atoms with Crippen molar-refractivity contribution in [3.63, 3.8) is 0 Å². The van der Waals surface area contributed by atoms with Gasteiger partial charge in [0.2, 0.25) is 0 Å². The lowest BCUT2D eigenvalue weighted by molar-refractivity contribution is -0.274. The number of nitrogens with one attached hydrogen (secondary N) is 3. The highest BCUT2D eigenvalue weighted by molar-refractivity contribution is 5.69. The van der Waals surface area contributed by atoms with Gasteiger partial charge in [-0.25, -0.2) is 14.4 Å². The summed E-state index contributed by atoms with van der Waals surface area (Å²) in [6.07, 6.45) is -7.47. The lowest BCUT2D eigenvalue weighted by Crippen LogP contribution is -2.67. The van der Waals surface area contributed by atoms with E-state index in [0.717, 1.165) is 0 Å².